The molecular formula is C21H26BrF4N5O5S2. The average Bonchev–Trinajstić information content (AvgIpc) is 3.37. The average molecular weight is 648 g/mol. The SMILES string of the molecule is O=C(O)C(F)(F)F.O=S(=O)(c1ccc(Br)cc1N1CCN(Cc2nncs2)CC1)N1CCCC(F)(CO)C1. The molecular weight excluding hydrogens is 622 g/mol. The third kappa shape index (κ3) is 7.81. The Bertz CT molecular complexity index is 1200. The Kier molecular flexibility index (Phi) is 10.1. The second-order valence-electron chi connectivity index (χ2n) is 8.76. The van der Waals surface area contributed by atoms with Gasteiger partial charge in [0.2, 0.25) is 10.0 Å². The summed E-state index contributed by atoms with van der Waals surface area (Å²) in [6, 6.07) is 5.09. The molecule has 212 valence electrons. The molecule has 1 atom stereocenters. The number of piperazine rings is 1. The number of aliphatic carboxylic acids is 1. The number of rotatable bonds is 6. The predicted molar refractivity (Wildman–Crippen MR) is 134 cm³/mol. The Morgan fingerprint density at radius 3 is 2.39 bits per heavy atom. The van der Waals surface area contributed by atoms with Crippen LogP contribution in [0.5, 0.6) is 0 Å². The normalized spacial score (nSPS) is 21.6. The highest BCUT2D eigenvalue weighted by molar-refractivity contribution is 9.10. The number of aliphatic hydroxyl groups is 1. The van der Waals surface area contributed by atoms with Gasteiger partial charge in [-0.1, -0.05) is 15.9 Å². The number of hydrogen-bond acceptors (Lipinski definition) is 9. The van der Waals surface area contributed by atoms with Crippen molar-refractivity contribution in [2.45, 2.75) is 36.1 Å². The zero-order valence-electron chi connectivity index (χ0n) is 19.9. The largest absolute Gasteiger partial charge is 0.490 e. The molecule has 2 aliphatic heterocycles. The molecule has 10 nitrogen and oxygen atoms in total. The summed E-state index contributed by atoms with van der Waals surface area (Å²) in [4.78, 5) is 13.4. The smallest absolute Gasteiger partial charge is 0.475 e. The van der Waals surface area contributed by atoms with Gasteiger partial charge >= 0.3 is 12.1 Å². The Labute approximate surface area is 229 Å². The summed E-state index contributed by atoms with van der Waals surface area (Å²) >= 11 is 4.98. The lowest BCUT2D eigenvalue weighted by Crippen LogP contribution is -2.50. The van der Waals surface area contributed by atoms with Crippen LogP contribution in [0.1, 0.15) is 17.8 Å². The van der Waals surface area contributed by atoms with Gasteiger partial charge in [0.15, 0.2) is 0 Å². The van der Waals surface area contributed by atoms with Gasteiger partial charge in [-0.2, -0.15) is 17.5 Å². The van der Waals surface area contributed by atoms with Gasteiger partial charge in [0, 0.05) is 37.2 Å². The molecule has 38 heavy (non-hydrogen) atoms. The van der Waals surface area contributed by atoms with Gasteiger partial charge in [0.05, 0.1) is 25.4 Å². The number of halogens is 5. The van der Waals surface area contributed by atoms with Crippen LogP contribution in [-0.4, -0.2) is 102 Å². The second kappa shape index (κ2) is 12.5. The Morgan fingerprint density at radius 1 is 1.18 bits per heavy atom. The van der Waals surface area contributed by atoms with E-state index in [1.54, 1.807) is 17.6 Å². The Hall–Kier alpha value is -1.92. The molecule has 1 aromatic heterocycles. The summed E-state index contributed by atoms with van der Waals surface area (Å²) in [6.07, 6.45) is -4.54. The highest BCUT2D eigenvalue weighted by atomic mass is 79.9. The minimum Gasteiger partial charge on any atom is -0.475 e. The van der Waals surface area contributed by atoms with Crippen LogP contribution in [-0.2, 0) is 21.4 Å². The van der Waals surface area contributed by atoms with Crippen molar-refractivity contribution in [3.63, 3.8) is 0 Å². The van der Waals surface area contributed by atoms with E-state index < -0.39 is 34.4 Å². The van der Waals surface area contributed by atoms with Crippen molar-refractivity contribution in [3.8, 4) is 0 Å². The molecule has 2 aliphatic rings. The standard InChI is InChI=1S/C19H25BrFN5O3S2.C2HF3O2/c20-15-2-3-17(31(28,29)26-5-1-4-19(21,12-26)13-27)16(10-15)25-8-6-24(7-9-25)11-18-23-22-14-30-18;3-2(4,5)1(6)7/h2-3,10,14,27H,1,4-9,11-13H2;(H,6,7). The summed E-state index contributed by atoms with van der Waals surface area (Å²) in [5.41, 5.74) is 0.439. The summed E-state index contributed by atoms with van der Waals surface area (Å²) < 4.78 is 75.3. The Balaban J connectivity index is 0.000000505. The first-order chi connectivity index (χ1) is 17.7. The fourth-order valence-electron chi connectivity index (χ4n) is 4.08. The highest BCUT2D eigenvalue weighted by Gasteiger charge is 2.41. The van der Waals surface area contributed by atoms with E-state index in [2.05, 4.69) is 35.9 Å². The van der Waals surface area contributed by atoms with Crippen molar-refractivity contribution in [1.29, 1.82) is 0 Å². The van der Waals surface area contributed by atoms with E-state index in [-0.39, 0.29) is 24.4 Å². The second-order valence-corrected chi connectivity index (χ2v) is 12.5. The number of aromatic nitrogens is 2. The summed E-state index contributed by atoms with van der Waals surface area (Å²) in [6.45, 7) is 2.86. The lowest BCUT2D eigenvalue weighted by atomic mass is 9.97. The first-order valence-electron chi connectivity index (χ1n) is 11.4. The molecule has 0 amide bonds. The maximum absolute atomic E-state index is 14.7. The van der Waals surface area contributed by atoms with E-state index >= 15 is 0 Å². The van der Waals surface area contributed by atoms with Crippen LogP contribution in [0.2, 0.25) is 0 Å². The third-order valence-corrected chi connectivity index (χ3v) is 9.10. The summed E-state index contributed by atoms with van der Waals surface area (Å²) in [5.74, 6) is -2.76. The van der Waals surface area contributed by atoms with Crippen LogP contribution >= 0.6 is 27.3 Å². The highest BCUT2D eigenvalue weighted by Crippen LogP contribution is 2.35. The number of aliphatic hydroxyl groups excluding tert-OH is 1. The number of benzene rings is 1. The predicted octanol–water partition coefficient (Wildman–Crippen LogP) is 2.74. The molecule has 2 fully saturated rings. The number of sulfonamides is 1. The fraction of sp³-hybridized carbons (Fsp3) is 0.571. The number of carbonyl (C=O) groups is 1. The van der Waals surface area contributed by atoms with Crippen molar-refractivity contribution in [2.75, 3.05) is 50.8 Å². The van der Waals surface area contributed by atoms with Crippen LogP contribution in [0.15, 0.2) is 33.1 Å². The molecule has 2 N–H and O–H groups in total. The molecule has 4 rings (SSSR count). The van der Waals surface area contributed by atoms with Gasteiger partial charge in [-0.05, 0) is 31.0 Å². The van der Waals surface area contributed by atoms with Gasteiger partial charge in [0.1, 0.15) is 21.1 Å². The number of alkyl halides is 4. The molecule has 0 aliphatic carbocycles. The van der Waals surface area contributed by atoms with Crippen LogP contribution in [0.4, 0.5) is 23.2 Å². The molecule has 17 heteroatoms. The zero-order valence-corrected chi connectivity index (χ0v) is 23.2. The van der Waals surface area contributed by atoms with E-state index in [1.807, 2.05) is 6.07 Å². The van der Waals surface area contributed by atoms with Crippen LogP contribution in [0.3, 0.4) is 0 Å². The first kappa shape index (κ1) is 30.6. The van der Waals surface area contributed by atoms with E-state index in [1.165, 1.54) is 15.6 Å². The van der Waals surface area contributed by atoms with E-state index in [0.29, 0.717) is 25.2 Å². The van der Waals surface area contributed by atoms with E-state index in [0.717, 1.165) is 29.1 Å². The quantitative estimate of drug-likeness (QED) is 0.455. The van der Waals surface area contributed by atoms with E-state index in [4.69, 9.17) is 9.90 Å². The molecule has 2 aromatic rings. The topological polar surface area (TPSA) is 127 Å². The fourth-order valence-corrected chi connectivity index (χ4v) is 6.74. The van der Waals surface area contributed by atoms with Crippen LogP contribution in [0.25, 0.3) is 0 Å². The van der Waals surface area contributed by atoms with Gasteiger partial charge in [0.25, 0.3) is 0 Å². The molecule has 0 bridgehead atoms. The van der Waals surface area contributed by atoms with E-state index in [9.17, 15) is 31.1 Å². The summed E-state index contributed by atoms with van der Waals surface area (Å²) in [7, 11) is -3.90. The molecule has 0 spiro atoms. The molecule has 1 aromatic carbocycles. The van der Waals surface area contributed by atoms with Crippen molar-refractivity contribution >= 4 is 48.9 Å². The molecule has 0 saturated carbocycles. The maximum atomic E-state index is 14.7. The number of piperidine rings is 1. The van der Waals surface area contributed by atoms with Crippen molar-refractivity contribution in [3.05, 3.63) is 33.2 Å². The zero-order chi connectivity index (χ0) is 28.1. The molecule has 2 saturated heterocycles. The van der Waals surface area contributed by atoms with Gasteiger partial charge < -0.3 is 15.1 Å². The third-order valence-electron chi connectivity index (χ3n) is 6.03. The molecule has 3 heterocycles. The number of carboxylic acid groups (broad SMARTS) is 1. The lowest BCUT2D eigenvalue weighted by Gasteiger charge is -2.38. The van der Waals surface area contributed by atoms with Crippen LogP contribution in [0, 0.1) is 0 Å². The van der Waals surface area contributed by atoms with Crippen molar-refractivity contribution < 1.29 is 41.0 Å². The lowest BCUT2D eigenvalue weighted by molar-refractivity contribution is -0.192. The van der Waals surface area contributed by atoms with Gasteiger partial charge in [-0.25, -0.2) is 17.6 Å². The number of carboxylic acids is 1. The minimum atomic E-state index is -5.08. The van der Waals surface area contributed by atoms with Crippen molar-refractivity contribution in [2.24, 2.45) is 0 Å². The van der Waals surface area contributed by atoms with Crippen molar-refractivity contribution in [1.82, 2.24) is 19.4 Å². The van der Waals surface area contributed by atoms with Gasteiger partial charge in [-0.15, -0.1) is 21.5 Å². The maximum Gasteiger partial charge on any atom is 0.490 e. The minimum absolute atomic E-state index is 0.166. The number of nitrogens with zero attached hydrogens (tertiary/aromatic N) is 5. The molecule has 1 unspecified atom stereocenters. The molecule has 0 radical (unpaired) electrons. The Morgan fingerprint density at radius 2 is 1.84 bits per heavy atom. The first-order valence-corrected chi connectivity index (χ1v) is 14.5. The number of anilines is 1. The van der Waals surface area contributed by atoms with Crippen LogP contribution < -0.4 is 4.90 Å². The van der Waals surface area contributed by atoms with Gasteiger partial charge in [-0.3, -0.25) is 4.90 Å². The number of hydrogen-bond donors (Lipinski definition) is 2. The summed E-state index contributed by atoms with van der Waals surface area (Å²) in [5, 5.41) is 25.4. The monoisotopic (exact) mass is 647 g/mol.